The lowest BCUT2D eigenvalue weighted by molar-refractivity contribution is -0.133. The molecule has 1 fully saturated rings. The summed E-state index contributed by atoms with van der Waals surface area (Å²) in [5, 5.41) is 11.8. The minimum Gasteiger partial charge on any atom is -0.481 e. The van der Waals surface area contributed by atoms with Gasteiger partial charge in [0.15, 0.2) is 5.16 Å². The van der Waals surface area contributed by atoms with Gasteiger partial charge >= 0.3 is 5.97 Å². The molecule has 2 atom stereocenters. The van der Waals surface area contributed by atoms with Crippen molar-refractivity contribution in [1.29, 1.82) is 0 Å². The second-order valence-electron chi connectivity index (χ2n) is 5.11. The maximum absolute atomic E-state index is 12.5. The molecule has 0 amide bonds. The van der Waals surface area contributed by atoms with Gasteiger partial charge in [-0.15, -0.1) is 11.3 Å². The van der Waals surface area contributed by atoms with Crippen LogP contribution in [0, 0.1) is 11.8 Å². The molecule has 0 radical (unpaired) electrons. The van der Waals surface area contributed by atoms with Crippen LogP contribution < -0.4 is 5.56 Å². The number of hydrogen-bond acceptors (Lipinski definition) is 5. The summed E-state index contributed by atoms with van der Waals surface area (Å²) in [4.78, 5) is 28.4. The lowest BCUT2D eigenvalue weighted by Crippen LogP contribution is -2.24. The largest absolute Gasteiger partial charge is 0.481 e. The fraction of sp³-hybridized carbons (Fsp3) is 0.462. The van der Waals surface area contributed by atoms with Crippen molar-refractivity contribution >= 4 is 39.3 Å². The first-order chi connectivity index (χ1) is 9.56. The molecule has 0 aliphatic heterocycles. The summed E-state index contributed by atoms with van der Waals surface area (Å²) >= 11 is 2.53. The van der Waals surface area contributed by atoms with Gasteiger partial charge in [-0.2, -0.15) is 0 Å². The van der Waals surface area contributed by atoms with Gasteiger partial charge in [0.25, 0.3) is 5.56 Å². The molecule has 1 saturated carbocycles. The SMILES string of the molecule is CC1CC1Cn1c(SCC(=O)O)nc2sccc2c1=O. The van der Waals surface area contributed by atoms with E-state index in [1.807, 2.05) is 5.38 Å². The van der Waals surface area contributed by atoms with Crippen LogP contribution >= 0.6 is 23.1 Å². The van der Waals surface area contributed by atoms with Crippen LogP contribution in [-0.4, -0.2) is 26.4 Å². The van der Waals surface area contributed by atoms with E-state index in [1.165, 1.54) is 11.3 Å². The molecule has 2 aromatic heterocycles. The number of aromatic nitrogens is 2. The first-order valence-corrected chi connectivity index (χ1v) is 8.25. The molecule has 0 bridgehead atoms. The average Bonchev–Trinajstić information content (AvgIpc) is 2.89. The Labute approximate surface area is 123 Å². The van der Waals surface area contributed by atoms with Crippen LogP contribution in [0.4, 0.5) is 0 Å². The van der Waals surface area contributed by atoms with Crippen LogP contribution in [0.5, 0.6) is 0 Å². The molecule has 2 heterocycles. The van der Waals surface area contributed by atoms with E-state index in [0.29, 0.717) is 33.8 Å². The third-order valence-corrected chi connectivity index (χ3v) is 5.33. The summed E-state index contributed by atoms with van der Waals surface area (Å²) in [5.41, 5.74) is -0.0526. The summed E-state index contributed by atoms with van der Waals surface area (Å²) in [6.45, 7) is 2.80. The minimum absolute atomic E-state index is 0.0526. The van der Waals surface area contributed by atoms with Gasteiger partial charge in [0.05, 0.1) is 11.1 Å². The second kappa shape index (κ2) is 5.21. The maximum atomic E-state index is 12.5. The Morgan fingerprint density at radius 2 is 2.40 bits per heavy atom. The fourth-order valence-corrected chi connectivity index (χ4v) is 3.75. The molecule has 1 aliphatic carbocycles. The van der Waals surface area contributed by atoms with E-state index in [9.17, 15) is 9.59 Å². The predicted molar refractivity (Wildman–Crippen MR) is 79.5 cm³/mol. The highest BCUT2D eigenvalue weighted by atomic mass is 32.2. The van der Waals surface area contributed by atoms with E-state index >= 15 is 0 Å². The number of thioether (sulfide) groups is 1. The molecule has 0 spiro atoms. The molecular weight excluding hydrogens is 296 g/mol. The summed E-state index contributed by atoms with van der Waals surface area (Å²) in [6.07, 6.45) is 1.12. The van der Waals surface area contributed by atoms with Gasteiger partial charge in [0.1, 0.15) is 4.83 Å². The molecule has 20 heavy (non-hydrogen) atoms. The van der Waals surface area contributed by atoms with Crippen LogP contribution in [-0.2, 0) is 11.3 Å². The van der Waals surface area contributed by atoms with Crippen LogP contribution in [0.3, 0.4) is 0 Å². The number of carboxylic acid groups (broad SMARTS) is 1. The highest BCUT2D eigenvalue weighted by Gasteiger charge is 2.33. The third kappa shape index (κ3) is 2.60. The minimum atomic E-state index is -0.901. The lowest BCUT2D eigenvalue weighted by atomic mass is 10.3. The number of hydrogen-bond donors (Lipinski definition) is 1. The standard InChI is InChI=1S/C13H14N2O3S2/c1-7-4-8(7)5-15-12(18)9-2-3-19-11(9)14-13(15)20-6-10(16)17/h2-3,7-8H,4-6H2,1H3,(H,16,17). The fourth-order valence-electron chi connectivity index (χ4n) is 2.22. The molecule has 0 aromatic carbocycles. The number of fused-ring (bicyclic) bond motifs is 1. The van der Waals surface area contributed by atoms with E-state index in [0.717, 1.165) is 18.2 Å². The molecule has 2 aromatic rings. The number of nitrogens with zero attached hydrogens (tertiary/aromatic N) is 2. The Kier molecular flexibility index (Phi) is 3.55. The zero-order chi connectivity index (χ0) is 14.3. The quantitative estimate of drug-likeness (QED) is 0.677. The summed E-state index contributed by atoms with van der Waals surface area (Å²) < 4.78 is 1.65. The highest BCUT2D eigenvalue weighted by Crippen LogP contribution is 2.39. The zero-order valence-corrected chi connectivity index (χ0v) is 12.5. The number of carbonyl (C=O) groups is 1. The van der Waals surface area contributed by atoms with Gasteiger partial charge in [0.2, 0.25) is 0 Å². The smallest absolute Gasteiger partial charge is 0.313 e. The van der Waals surface area contributed by atoms with Gasteiger partial charge in [0, 0.05) is 6.54 Å². The number of aliphatic carboxylic acids is 1. The van der Waals surface area contributed by atoms with Gasteiger partial charge in [-0.05, 0) is 29.7 Å². The van der Waals surface area contributed by atoms with Crippen LogP contribution in [0.2, 0.25) is 0 Å². The van der Waals surface area contributed by atoms with E-state index in [-0.39, 0.29) is 11.3 Å². The molecular formula is C13H14N2O3S2. The van der Waals surface area contributed by atoms with E-state index in [1.54, 1.807) is 10.6 Å². The zero-order valence-electron chi connectivity index (χ0n) is 10.9. The predicted octanol–water partition coefficient (Wildman–Crippen LogP) is 2.29. The maximum Gasteiger partial charge on any atom is 0.313 e. The number of carboxylic acids is 1. The molecule has 3 rings (SSSR count). The normalized spacial score (nSPS) is 21.2. The summed E-state index contributed by atoms with van der Waals surface area (Å²) in [7, 11) is 0. The van der Waals surface area contributed by atoms with Crippen LogP contribution in [0.15, 0.2) is 21.4 Å². The second-order valence-corrected chi connectivity index (χ2v) is 6.94. The first kappa shape index (κ1) is 13.6. The Morgan fingerprint density at radius 1 is 1.65 bits per heavy atom. The molecule has 0 saturated heterocycles. The third-order valence-electron chi connectivity index (χ3n) is 3.57. The molecule has 106 valence electrons. The highest BCUT2D eigenvalue weighted by molar-refractivity contribution is 7.99. The topological polar surface area (TPSA) is 72.2 Å². The van der Waals surface area contributed by atoms with Gasteiger partial charge in [-0.25, -0.2) is 4.98 Å². The van der Waals surface area contributed by atoms with Crippen molar-refractivity contribution in [2.75, 3.05) is 5.75 Å². The van der Waals surface area contributed by atoms with Crippen molar-refractivity contribution in [3.63, 3.8) is 0 Å². The summed E-state index contributed by atoms with van der Waals surface area (Å²) in [6, 6.07) is 1.79. The van der Waals surface area contributed by atoms with Crippen molar-refractivity contribution in [3.05, 3.63) is 21.8 Å². The number of rotatable bonds is 5. The molecule has 2 unspecified atom stereocenters. The first-order valence-electron chi connectivity index (χ1n) is 6.39. The Morgan fingerprint density at radius 3 is 3.05 bits per heavy atom. The Hall–Kier alpha value is -1.34. The average molecular weight is 310 g/mol. The number of thiophene rings is 1. The molecule has 1 N–H and O–H groups in total. The van der Waals surface area contributed by atoms with Crippen molar-refractivity contribution < 1.29 is 9.90 Å². The van der Waals surface area contributed by atoms with E-state index < -0.39 is 5.97 Å². The molecule has 7 heteroatoms. The van der Waals surface area contributed by atoms with E-state index in [2.05, 4.69) is 11.9 Å². The van der Waals surface area contributed by atoms with Gasteiger partial charge < -0.3 is 5.11 Å². The molecule has 1 aliphatic rings. The molecule has 5 nitrogen and oxygen atoms in total. The van der Waals surface area contributed by atoms with Gasteiger partial charge in [-0.1, -0.05) is 18.7 Å². The van der Waals surface area contributed by atoms with Crippen LogP contribution in [0.25, 0.3) is 10.2 Å². The van der Waals surface area contributed by atoms with Crippen molar-refractivity contribution in [3.8, 4) is 0 Å². The van der Waals surface area contributed by atoms with Crippen molar-refractivity contribution in [2.24, 2.45) is 11.8 Å². The van der Waals surface area contributed by atoms with Crippen molar-refractivity contribution in [1.82, 2.24) is 9.55 Å². The Balaban J connectivity index is 2.01. The Bertz CT molecular complexity index is 722. The monoisotopic (exact) mass is 310 g/mol. The summed E-state index contributed by atoms with van der Waals surface area (Å²) in [5.74, 6) is 0.165. The van der Waals surface area contributed by atoms with Gasteiger partial charge in [-0.3, -0.25) is 14.2 Å². The van der Waals surface area contributed by atoms with Crippen molar-refractivity contribution in [2.45, 2.75) is 25.0 Å². The van der Waals surface area contributed by atoms with E-state index in [4.69, 9.17) is 5.11 Å². The van der Waals surface area contributed by atoms with Crippen LogP contribution in [0.1, 0.15) is 13.3 Å². The lowest BCUT2D eigenvalue weighted by Gasteiger charge is -2.10.